The van der Waals surface area contributed by atoms with Gasteiger partial charge < -0.3 is 0 Å². The van der Waals surface area contributed by atoms with E-state index in [0.717, 1.165) is 28.1 Å². The number of aryl methyl sites for hydroxylation is 1. The van der Waals surface area contributed by atoms with E-state index in [1.54, 1.807) is 17.7 Å². The second kappa shape index (κ2) is 9.80. The van der Waals surface area contributed by atoms with Crippen molar-refractivity contribution >= 4 is 22.7 Å². The lowest BCUT2D eigenvalue weighted by Crippen LogP contribution is -1.89. The van der Waals surface area contributed by atoms with Crippen LogP contribution in [-0.4, -0.2) is 9.97 Å². The minimum atomic E-state index is 0.653. The molecule has 4 aromatic rings. The van der Waals surface area contributed by atoms with Crippen molar-refractivity contribution in [3.05, 3.63) is 71.5 Å². The molecule has 3 heterocycles. The number of hydrogen-bond donors (Lipinski definition) is 0. The lowest BCUT2D eigenvalue weighted by molar-refractivity contribution is 0.668. The molecule has 5 heteroatoms. The number of hydrogen-bond acceptors (Lipinski definition) is 5. The molecule has 0 aliphatic heterocycles. The van der Waals surface area contributed by atoms with Crippen LogP contribution in [0, 0.1) is 11.3 Å². The molecule has 0 unspecified atom stereocenters. The van der Waals surface area contributed by atoms with Gasteiger partial charge in [0.1, 0.15) is 6.33 Å². The van der Waals surface area contributed by atoms with Gasteiger partial charge in [-0.05, 0) is 59.7 Å². The fraction of sp³-hybridized carbons (Fsp3) is 0.240. The van der Waals surface area contributed by atoms with Crippen molar-refractivity contribution in [1.82, 2.24) is 9.97 Å². The molecule has 0 aliphatic carbocycles. The van der Waals surface area contributed by atoms with E-state index in [1.807, 2.05) is 41.8 Å². The van der Waals surface area contributed by atoms with Gasteiger partial charge in [0, 0.05) is 21.5 Å². The average molecular weight is 430 g/mol. The van der Waals surface area contributed by atoms with Crippen molar-refractivity contribution in [2.24, 2.45) is 0 Å². The Hall–Kier alpha value is -2.81. The molecule has 3 nitrogen and oxygen atoms in total. The van der Waals surface area contributed by atoms with E-state index in [1.165, 1.54) is 41.0 Å². The fourth-order valence-corrected chi connectivity index (χ4v) is 5.68. The van der Waals surface area contributed by atoms with Crippen LogP contribution < -0.4 is 0 Å². The van der Waals surface area contributed by atoms with E-state index in [2.05, 4.69) is 46.5 Å². The first-order chi connectivity index (χ1) is 14.8. The molecular formula is C25H23N3S2. The minimum absolute atomic E-state index is 0.653. The molecule has 0 aliphatic rings. The first kappa shape index (κ1) is 20.5. The number of thiophene rings is 2. The van der Waals surface area contributed by atoms with Crippen LogP contribution in [0.2, 0.25) is 0 Å². The maximum atomic E-state index is 9.06. The van der Waals surface area contributed by atoms with E-state index in [9.17, 15) is 0 Å². The summed E-state index contributed by atoms with van der Waals surface area (Å²) in [5, 5.41) is 11.3. The Morgan fingerprint density at radius 2 is 1.80 bits per heavy atom. The molecule has 1 aromatic carbocycles. The van der Waals surface area contributed by atoms with Gasteiger partial charge in [-0.1, -0.05) is 38.3 Å². The molecule has 0 N–H and O–H groups in total. The summed E-state index contributed by atoms with van der Waals surface area (Å²) in [6.45, 7) is 2.25. The molecule has 0 saturated heterocycles. The van der Waals surface area contributed by atoms with Crippen molar-refractivity contribution in [3.63, 3.8) is 0 Å². The Morgan fingerprint density at radius 1 is 0.967 bits per heavy atom. The summed E-state index contributed by atoms with van der Waals surface area (Å²) in [6, 6.07) is 16.4. The summed E-state index contributed by atoms with van der Waals surface area (Å²) in [4.78, 5) is 12.7. The van der Waals surface area contributed by atoms with Crippen LogP contribution in [0.1, 0.15) is 43.7 Å². The highest BCUT2D eigenvalue weighted by atomic mass is 32.1. The van der Waals surface area contributed by atoms with Crippen LogP contribution in [0.15, 0.2) is 60.4 Å². The third kappa shape index (κ3) is 4.51. The third-order valence-electron chi connectivity index (χ3n) is 5.15. The maximum Gasteiger partial charge on any atom is 0.116 e. The molecule has 0 amide bonds. The van der Waals surface area contributed by atoms with Crippen molar-refractivity contribution < 1.29 is 0 Å². The number of unbranched alkanes of at least 4 members (excludes halogenated alkanes) is 3. The third-order valence-corrected chi connectivity index (χ3v) is 7.38. The van der Waals surface area contributed by atoms with E-state index in [-0.39, 0.29) is 0 Å². The molecule has 0 bridgehead atoms. The van der Waals surface area contributed by atoms with Gasteiger partial charge in [0.05, 0.1) is 22.2 Å². The predicted molar refractivity (Wildman–Crippen MR) is 127 cm³/mol. The second-order valence-electron chi connectivity index (χ2n) is 7.22. The van der Waals surface area contributed by atoms with E-state index >= 15 is 0 Å². The Balaban J connectivity index is 1.61. The molecule has 0 saturated carbocycles. The molecule has 0 atom stereocenters. The molecular weight excluding hydrogens is 406 g/mol. The number of benzene rings is 1. The lowest BCUT2D eigenvalue weighted by Gasteiger charge is -2.06. The van der Waals surface area contributed by atoms with Crippen LogP contribution in [0.3, 0.4) is 0 Å². The minimum Gasteiger partial charge on any atom is -0.244 e. The fourth-order valence-electron chi connectivity index (χ4n) is 3.54. The number of rotatable bonds is 8. The zero-order valence-corrected chi connectivity index (χ0v) is 18.6. The Morgan fingerprint density at radius 3 is 2.60 bits per heavy atom. The zero-order valence-electron chi connectivity index (χ0n) is 17.0. The topological polar surface area (TPSA) is 49.6 Å². The highest BCUT2D eigenvalue weighted by Crippen LogP contribution is 2.41. The van der Waals surface area contributed by atoms with Crippen LogP contribution in [0.5, 0.6) is 0 Å². The molecule has 0 spiro atoms. The molecule has 0 radical (unpaired) electrons. The first-order valence-corrected chi connectivity index (χ1v) is 12.0. The summed E-state index contributed by atoms with van der Waals surface area (Å²) < 4.78 is 0. The summed E-state index contributed by atoms with van der Waals surface area (Å²) in [5.74, 6) is 0. The normalized spacial score (nSPS) is 10.8. The zero-order chi connectivity index (χ0) is 20.8. The van der Waals surface area contributed by atoms with Gasteiger partial charge in [-0.15, -0.1) is 22.7 Å². The Bertz CT molecular complexity index is 1150. The highest BCUT2D eigenvalue weighted by molar-refractivity contribution is 7.23. The molecule has 0 fully saturated rings. The lowest BCUT2D eigenvalue weighted by atomic mass is 10.0. The van der Waals surface area contributed by atoms with E-state index in [4.69, 9.17) is 5.26 Å². The summed E-state index contributed by atoms with van der Waals surface area (Å²) >= 11 is 3.61. The van der Waals surface area contributed by atoms with Crippen LogP contribution >= 0.6 is 22.7 Å². The second-order valence-corrected chi connectivity index (χ2v) is 9.22. The number of nitrogens with zero attached hydrogens (tertiary/aromatic N) is 3. The van der Waals surface area contributed by atoms with Crippen molar-refractivity contribution in [1.29, 1.82) is 5.26 Å². The van der Waals surface area contributed by atoms with Gasteiger partial charge in [-0.2, -0.15) is 5.26 Å². The van der Waals surface area contributed by atoms with Crippen LogP contribution in [0.25, 0.3) is 31.5 Å². The quantitative estimate of drug-likeness (QED) is 0.271. The molecule has 4 rings (SSSR count). The standard InChI is InChI=1S/C25H23N3S2/c1-2-3-4-5-6-20-13-14-29-25(20)23-12-11-22(30-23)24-21(16-27-17-28-24)19-9-7-18(15-26)8-10-19/h7-14,16-17H,2-6H2,1H3. The van der Waals surface area contributed by atoms with Crippen LogP contribution in [0.4, 0.5) is 0 Å². The van der Waals surface area contributed by atoms with E-state index in [0.29, 0.717) is 5.56 Å². The first-order valence-electron chi connectivity index (χ1n) is 10.3. The van der Waals surface area contributed by atoms with Gasteiger partial charge in [-0.3, -0.25) is 0 Å². The van der Waals surface area contributed by atoms with Crippen molar-refractivity contribution in [2.75, 3.05) is 0 Å². The van der Waals surface area contributed by atoms with Gasteiger partial charge in [0.25, 0.3) is 0 Å². The van der Waals surface area contributed by atoms with Crippen LogP contribution in [-0.2, 0) is 6.42 Å². The Labute approximate surface area is 185 Å². The van der Waals surface area contributed by atoms with Crippen molar-refractivity contribution in [2.45, 2.75) is 39.0 Å². The average Bonchev–Trinajstić information content (AvgIpc) is 3.46. The van der Waals surface area contributed by atoms with Gasteiger partial charge in [0.2, 0.25) is 0 Å². The molecule has 150 valence electrons. The monoisotopic (exact) mass is 429 g/mol. The number of nitriles is 1. The van der Waals surface area contributed by atoms with Gasteiger partial charge in [0.15, 0.2) is 0 Å². The summed E-state index contributed by atoms with van der Waals surface area (Å²) in [7, 11) is 0. The SMILES string of the molecule is CCCCCCc1ccsc1-c1ccc(-c2ncncc2-c2ccc(C#N)cc2)s1. The summed E-state index contributed by atoms with van der Waals surface area (Å²) in [5.41, 5.74) is 5.06. The van der Waals surface area contributed by atoms with Gasteiger partial charge >= 0.3 is 0 Å². The molecule has 3 aromatic heterocycles. The highest BCUT2D eigenvalue weighted by Gasteiger charge is 2.14. The Kier molecular flexibility index (Phi) is 6.68. The summed E-state index contributed by atoms with van der Waals surface area (Å²) in [6.07, 6.45) is 9.75. The molecule has 30 heavy (non-hydrogen) atoms. The number of aromatic nitrogens is 2. The van der Waals surface area contributed by atoms with E-state index < -0.39 is 0 Å². The largest absolute Gasteiger partial charge is 0.244 e. The van der Waals surface area contributed by atoms with Gasteiger partial charge in [-0.25, -0.2) is 9.97 Å². The maximum absolute atomic E-state index is 9.06. The van der Waals surface area contributed by atoms with Crippen molar-refractivity contribution in [3.8, 4) is 37.5 Å². The smallest absolute Gasteiger partial charge is 0.116 e. The predicted octanol–water partition coefficient (Wildman–Crippen LogP) is 7.60.